The minimum Gasteiger partial charge on any atom is -0.496 e. The number of hydrogen-bond donors (Lipinski definition) is 1. The number of anilines is 1. The summed E-state index contributed by atoms with van der Waals surface area (Å²) in [6.07, 6.45) is 0.498. The largest absolute Gasteiger partial charge is 0.496 e. The van der Waals surface area contributed by atoms with Crippen LogP contribution in [0, 0.1) is 11.3 Å². The van der Waals surface area contributed by atoms with E-state index in [4.69, 9.17) is 10.00 Å². The second kappa shape index (κ2) is 7.65. The van der Waals surface area contributed by atoms with Gasteiger partial charge in [0.2, 0.25) is 0 Å². The molecule has 0 aliphatic carbocycles. The maximum Gasteiger partial charge on any atom is 0.124 e. The van der Waals surface area contributed by atoms with Crippen molar-refractivity contribution in [1.29, 1.82) is 5.26 Å². The summed E-state index contributed by atoms with van der Waals surface area (Å²) in [4.78, 5) is 0. The molecule has 1 aromatic rings. The highest BCUT2D eigenvalue weighted by Gasteiger charge is 2.16. The maximum atomic E-state index is 8.62. The van der Waals surface area contributed by atoms with Crippen molar-refractivity contribution in [2.24, 2.45) is 0 Å². The van der Waals surface area contributed by atoms with Crippen LogP contribution in [0.25, 0.3) is 0 Å². The highest BCUT2D eigenvalue weighted by molar-refractivity contribution is 5.60. The normalized spacial score (nSPS) is 10.3. The molecule has 1 rings (SSSR count). The van der Waals surface area contributed by atoms with E-state index in [1.807, 2.05) is 12.1 Å². The lowest BCUT2D eigenvalue weighted by Gasteiger charge is -2.28. The van der Waals surface area contributed by atoms with Gasteiger partial charge < -0.3 is 9.75 Å². The van der Waals surface area contributed by atoms with Crippen molar-refractivity contribution in [1.82, 2.24) is 5.43 Å². The van der Waals surface area contributed by atoms with Gasteiger partial charge in [-0.25, -0.2) is 5.43 Å². The molecule has 0 bridgehead atoms. The number of nitrogens with zero attached hydrogens (tertiary/aromatic N) is 2. The van der Waals surface area contributed by atoms with E-state index in [0.29, 0.717) is 18.9 Å². The SMILES string of the molecule is CCN(NCCC#N)c1cccc(OC)c1C(C)C. The highest BCUT2D eigenvalue weighted by Crippen LogP contribution is 2.34. The molecule has 0 saturated carbocycles. The Balaban J connectivity index is 3.05. The highest BCUT2D eigenvalue weighted by atomic mass is 16.5. The Hall–Kier alpha value is -1.73. The van der Waals surface area contributed by atoms with Crippen molar-refractivity contribution in [2.75, 3.05) is 25.2 Å². The molecule has 0 heterocycles. The fraction of sp³-hybridized carbons (Fsp3) is 0.533. The second-order valence-corrected chi connectivity index (χ2v) is 4.61. The third-order valence-corrected chi connectivity index (χ3v) is 2.99. The summed E-state index contributed by atoms with van der Waals surface area (Å²) in [7, 11) is 1.70. The zero-order valence-corrected chi connectivity index (χ0v) is 12.2. The predicted octanol–water partition coefficient (Wildman–Crippen LogP) is 3.06. The van der Waals surface area contributed by atoms with Gasteiger partial charge in [0, 0.05) is 25.1 Å². The number of nitriles is 1. The van der Waals surface area contributed by atoms with Gasteiger partial charge in [0.15, 0.2) is 0 Å². The fourth-order valence-electron chi connectivity index (χ4n) is 2.14. The summed E-state index contributed by atoms with van der Waals surface area (Å²) >= 11 is 0. The van der Waals surface area contributed by atoms with Crippen LogP contribution in [0.2, 0.25) is 0 Å². The van der Waals surface area contributed by atoms with E-state index in [0.717, 1.165) is 18.0 Å². The maximum absolute atomic E-state index is 8.62. The second-order valence-electron chi connectivity index (χ2n) is 4.61. The van der Waals surface area contributed by atoms with Crippen LogP contribution >= 0.6 is 0 Å². The van der Waals surface area contributed by atoms with Crippen LogP contribution in [0.3, 0.4) is 0 Å². The summed E-state index contributed by atoms with van der Waals surface area (Å²) in [6, 6.07) is 8.21. The predicted molar refractivity (Wildman–Crippen MR) is 78.3 cm³/mol. The zero-order valence-electron chi connectivity index (χ0n) is 12.2. The van der Waals surface area contributed by atoms with E-state index in [1.165, 1.54) is 5.56 Å². The Bertz CT molecular complexity index is 438. The van der Waals surface area contributed by atoms with E-state index in [1.54, 1.807) is 7.11 Å². The Labute approximate surface area is 116 Å². The topological polar surface area (TPSA) is 48.3 Å². The molecule has 4 nitrogen and oxygen atoms in total. The number of benzene rings is 1. The van der Waals surface area contributed by atoms with Gasteiger partial charge in [-0.3, -0.25) is 0 Å². The average molecular weight is 261 g/mol. The van der Waals surface area contributed by atoms with E-state index < -0.39 is 0 Å². The summed E-state index contributed by atoms with van der Waals surface area (Å²) in [6.45, 7) is 7.88. The quantitative estimate of drug-likeness (QED) is 0.605. The van der Waals surface area contributed by atoms with Crippen molar-refractivity contribution in [2.45, 2.75) is 33.1 Å². The Morgan fingerprint density at radius 1 is 1.42 bits per heavy atom. The van der Waals surface area contributed by atoms with E-state index in [2.05, 4.69) is 43.3 Å². The number of methoxy groups -OCH3 is 1. The van der Waals surface area contributed by atoms with Crippen LogP contribution in [0.15, 0.2) is 18.2 Å². The summed E-state index contributed by atoms with van der Waals surface area (Å²) in [5.41, 5.74) is 5.60. The molecule has 0 fully saturated rings. The van der Waals surface area contributed by atoms with Gasteiger partial charge in [-0.15, -0.1) is 0 Å². The first-order valence-corrected chi connectivity index (χ1v) is 6.70. The number of rotatable bonds is 7. The first-order chi connectivity index (χ1) is 9.15. The molecule has 0 spiro atoms. The third kappa shape index (κ3) is 3.87. The van der Waals surface area contributed by atoms with Crippen LogP contribution in [0.5, 0.6) is 5.75 Å². The number of nitrogens with one attached hydrogen (secondary N) is 1. The van der Waals surface area contributed by atoms with E-state index in [-0.39, 0.29) is 0 Å². The molecular weight excluding hydrogens is 238 g/mol. The Kier molecular flexibility index (Phi) is 6.17. The van der Waals surface area contributed by atoms with Crippen molar-refractivity contribution in [3.8, 4) is 11.8 Å². The van der Waals surface area contributed by atoms with Crippen LogP contribution in [0.1, 0.15) is 38.7 Å². The van der Waals surface area contributed by atoms with Gasteiger partial charge in [0.25, 0.3) is 0 Å². The molecule has 0 atom stereocenters. The zero-order chi connectivity index (χ0) is 14.3. The molecule has 0 unspecified atom stereocenters. The molecule has 0 aromatic heterocycles. The minimum atomic E-state index is 0.373. The van der Waals surface area contributed by atoms with Gasteiger partial charge >= 0.3 is 0 Å². The van der Waals surface area contributed by atoms with Crippen molar-refractivity contribution in [3.63, 3.8) is 0 Å². The minimum absolute atomic E-state index is 0.373. The molecule has 104 valence electrons. The average Bonchev–Trinajstić information content (AvgIpc) is 2.42. The summed E-state index contributed by atoms with van der Waals surface area (Å²) < 4.78 is 5.46. The van der Waals surface area contributed by atoms with E-state index in [9.17, 15) is 0 Å². The van der Waals surface area contributed by atoms with Crippen molar-refractivity contribution >= 4 is 5.69 Å². The van der Waals surface area contributed by atoms with Gasteiger partial charge in [-0.05, 0) is 25.0 Å². The lowest BCUT2D eigenvalue weighted by atomic mass is 9.99. The molecule has 0 amide bonds. The number of hydrogen-bond acceptors (Lipinski definition) is 4. The van der Waals surface area contributed by atoms with E-state index >= 15 is 0 Å². The molecule has 4 heteroatoms. The summed E-state index contributed by atoms with van der Waals surface area (Å²) in [5.74, 6) is 1.28. The van der Waals surface area contributed by atoms with Crippen molar-refractivity contribution < 1.29 is 4.74 Å². The third-order valence-electron chi connectivity index (χ3n) is 2.99. The molecule has 1 aromatic carbocycles. The van der Waals surface area contributed by atoms with Crippen molar-refractivity contribution in [3.05, 3.63) is 23.8 Å². The monoisotopic (exact) mass is 261 g/mol. The smallest absolute Gasteiger partial charge is 0.124 e. The molecule has 0 saturated heterocycles. The van der Waals surface area contributed by atoms with Crippen LogP contribution < -0.4 is 15.2 Å². The van der Waals surface area contributed by atoms with Gasteiger partial charge in [0.1, 0.15) is 5.75 Å². The fourth-order valence-corrected chi connectivity index (χ4v) is 2.14. The Morgan fingerprint density at radius 2 is 2.16 bits per heavy atom. The lowest BCUT2D eigenvalue weighted by Crippen LogP contribution is -2.39. The molecule has 0 radical (unpaired) electrons. The molecule has 19 heavy (non-hydrogen) atoms. The first-order valence-electron chi connectivity index (χ1n) is 6.70. The van der Waals surface area contributed by atoms with Gasteiger partial charge in [-0.2, -0.15) is 5.26 Å². The summed E-state index contributed by atoms with van der Waals surface area (Å²) in [5, 5.41) is 10.7. The number of hydrazine groups is 1. The molecule has 1 N–H and O–H groups in total. The van der Waals surface area contributed by atoms with Crippen LogP contribution in [0.4, 0.5) is 5.69 Å². The van der Waals surface area contributed by atoms with Crippen LogP contribution in [-0.2, 0) is 0 Å². The molecular formula is C15H23N3O. The van der Waals surface area contributed by atoms with Gasteiger partial charge in [-0.1, -0.05) is 19.9 Å². The number of ether oxygens (including phenoxy) is 1. The molecule has 0 aliphatic rings. The van der Waals surface area contributed by atoms with Crippen LogP contribution in [-0.4, -0.2) is 20.2 Å². The van der Waals surface area contributed by atoms with Gasteiger partial charge in [0.05, 0.1) is 18.9 Å². The lowest BCUT2D eigenvalue weighted by molar-refractivity contribution is 0.407. The first kappa shape index (κ1) is 15.3. The standard InChI is InChI=1S/C15H23N3O/c1-5-18(17-11-7-10-16)13-8-6-9-14(19-4)15(13)12(2)3/h6,8-9,12,17H,5,7,11H2,1-4H3. The Morgan fingerprint density at radius 3 is 2.68 bits per heavy atom. The molecule has 0 aliphatic heterocycles.